The molecule has 4 atom stereocenters. The van der Waals surface area contributed by atoms with Gasteiger partial charge in [-0.1, -0.05) is 110 Å². The van der Waals surface area contributed by atoms with Gasteiger partial charge in [-0.05, 0) is 52.5 Å². The van der Waals surface area contributed by atoms with Crippen LogP contribution in [-0.4, -0.2) is 13.2 Å². The SMILES string of the molecule is C=CC1C2C(c3ccccc3-c3cc(CC4CCCCC4)c([Si](C)(C)C)c[n+]32)C12CC(CC)=C(C(=C)O)c1cc(C(C)(C)C)cc[n+]12. The number of benzene rings is 1. The maximum absolute atomic E-state index is 11.1. The van der Waals surface area contributed by atoms with Gasteiger partial charge in [0, 0.05) is 29.8 Å². The Labute approximate surface area is 284 Å². The highest BCUT2D eigenvalue weighted by molar-refractivity contribution is 6.89. The highest BCUT2D eigenvalue weighted by Gasteiger charge is 2.76. The summed E-state index contributed by atoms with van der Waals surface area (Å²) in [6.07, 6.45) is 17.1. The molecule has 0 amide bonds. The molecule has 2 aromatic heterocycles. The lowest BCUT2D eigenvalue weighted by Crippen LogP contribution is -2.79. The highest BCUT2D eigenvalue weighted by atomic mass is 28.3. The van der Waals surface area contributed by atoms with Gasteiger partial charge in [0.05, 0.1) is 19.2 Å². The summed E-state index contributed by atoms with van der Waals surface area (Å²) in [5, 5.41) is 12.7. The Hall–Kier alpha value is -3.24. The third-order valence-corrected chi connectivity index (χ3v) is 14.4. The first-order valence-electron chi connectivity index (χ1n) is 18.3. The Balaban J connectivity index is 1.46. The monoisotopic (exact) mass is 644 g/mol. The zero-order chi connectivity index (χ0) is 33.5. The molecule has 2 fully saturated rings. The van der Waals surface area contributed by atoms with Gasteiger partial charge in [0.1, 0.15) is 17.6 Å². The summed E-state index contributed by atoms with van der Waals surface area (Å²) in [4.78, 5) is 0. The van der Waals surface area contributed by atoms with Crippen LogP contribution in [-0.2, 0) is 17.4 Å². The van der Waals surface area contributed by atoms with E-state index < -0.39 is 8.07 Å². The van der Waals surface area contributed by atoms with E-state index in [-0.39, 0.29) is 34.6 Å². The van der Waals surface area contributed by atoms with Gasteiger partial charge in [-0.2, -0.15) is 9.13 Å². The lowest BCUT2D eigenvalue weighted by molar-refractivity contribution is -0.843. The largest absolute Gasteiger partial charge is 0.508 e. The van der Waals surface area contributed by atoms with Gasteiger partial charge in [0.15, 0.2) is 24.0 Å². The molecule has 3 nitrogen and oxygen atoms in total. The number of allylic oxidation sites excluding steroid dienone is 3. The Morgan fingerprint density at radius 3 is 2.40 bits per heavy atom. The maximum Gasteiger partial charge on any atom is 0.216 e. The summed E-state index contributed by atoms with van der Waals surface area (Å²) in [6, 6.07) is 16.8. The first-order chi connectivity index (χ1) is 22.3. The maximum atomic E-state index is 11.1. The summed E-state index contributed by atoms with van der Waals surface area (Å²) >= 11 is 0. The average Bonchev–Trinajstić information content (AvgIpc) is 3.02. The molecule has 0 bridgehead atoms. The van der Waals surface area contributed by atoms with Crippen LogP contribution in [0, 0.1) is 11.8 Å². The van der Waals surface area contributed by atoms with Gasteiger partial charge < -0.3 is 5.11 Å². The van der Waals surface area contributed by atoms with Crippen LogP contribution < -0.4 is 14.3 Å². The van der Waals surface area contributed by atoms with Crippen LogP contribution >= 0.6 is 0 Å². The number of hydrogen-bond donors (Lipinski definition) is 1. The Kier molecular flexibility index (Phi) is 7.86. The van der Waals surface area contributed by atoms with E-state index >= 15 is 0 Å². The van der Waals surface area contributed by atoms with Crippen molar-refractivity contribution in [1.82, 2.24) is 0 Å². The fraction of sp³-hybridized carbons (Fsp3) is 0.488. The van der Waals surface area contributed by atoms with E-state index in [0.29, 0.717) is 0 Å². The van der Waals surface area contributed by atoms with Crippen molar-refractivity contribution in [3.05, 3.63) is 108 Å². The van der Waals surface area contributed by atoms with Crippen LogP contribution in [0.4, 0.5) is 0 Å². The van der Waals surface area contributed by atoms with Crippen LogP contribution in [0.15, 0.2) is 85.4 Å². The minimum absolute atomic E-state index is 0.0106. The Morgan fingerprint density at radius 1 is 1.04 bits per heavy atom. The van der Waals surface area contributed by atoms with E-state index in [4.69, 9.17) is 0 Å². The molecule has 1 N–H and O–H groups in total. The molecule has 0 radical (unpaired) electrons. The number of aromatic nitrogens is 2. The topological polar surface area (TPSA) is 28.0 Å². The summed E-state index contributed by atoms with van der Waals surface area (Å²) in [6.45, 7) is 25.3. The van der Waals surface area contributed by atoms with Gasteiger partial charge in [-0.3, -0.25) is 0 Å². The molecule has 3 aromatic rings. The Morgan fingerprint density at radius 2 is 1.77 bits per heavy atom. The van der Waals surface area contributed by atoms with E-state index in [2.05, 4.69) is 131 Å². The number of fused-ring (bicyclic) bond motifs is 9. The number of nitrogens with zero attached hydrogens (tertiary/aromatic N) is 2. The molecule has 0 saturated heterocycles. The average molecular weight is 645 g/mol. The van der Waals surface area contributed by atoms with Crippen LogP contribution in [0.1, 0.15) is 107 Å². The lowest BCUT2D eigenvalue weighted by atomic mass is 9.48. The lowest BCUT2D eigenvalue weighted by Gasteiger charge is -2.56. The third kappa shape index (κ3) is 4.95. The third-order valence-electron chi connectivity index (χ3n) is 12.3. The van der Waals surface area contributed by atoms with Crippen LogP contribution in [0.3, 0.4) is 0 Å². The molecule has 1 spiro atoms. The zero-order valence-electron chi connectivity index (χ0n) is 30.0. The second-order valence-electron chi connectivity index (χ2n) is 17.1. The quantitative estimate of drug-likeness (QED) is 0.123. The summed E-state index contributed by atoms with van der Waals surface area (Å²) in [5.41, 5.74) is 10.2. The minimum atomic E-state index is -1.64. The van der Waals surface area contributed by atoms with Gasteiger partial charge in [0.25, 0.3) is 0 Å². The van der Waals surface area contributed by atoms with E-state index in [0.717, 1.165) is 30.0 Å². The summed E-state index contributed by atoms with van der Waals surface area (Å²) in [5.74, 6) is 1.49. The second-order valence-corrected chi connectivity index (χ2v) is 22.2. The smallest absolute Gasteiger partial charge is 0.216 e. The number of pyridine rings is 2. The fourth-order valence-electron chi connectivity index (χ4n) is 10.0. The van der Waals surface area contributed by atoms with Crippen molar-refractivity contribution in [2.24, 2.45) is 11.8 Å². The molecule has 2 aliphatic carbocycles. The fourth-order valence-corrected chi connectivity index (χ4v) is 11.7. The number of aliphatic hydroxyl groups is 1. The molecule has 2 aliphatic heterocycles. The van der Waals surface area contributed by atoms with E-state index in [9.17, 15) is 5.11 Å². The van der Waals surface area contributed by atoms with Crippen LogP contribution in [0.5, 0.6) is 0 Å². The standard InChI is InChI=1S/C43H55N2OSi/c1-10-30-26-43(45-22-21-32(42(4,5)6)25-37(45)39(30)28(3)46)35(11-2)41-40(43)34-20-16-15-19-33(34)36-24-31(23-29-17-13-12-14-18-29)38(27-44(36)41)47(7,8)9/h11,15-16,19-22,24-25,27,29,35,40-41H,2-3,10,12-14,17-18,23,26H2,1,4-9H3/q+1/p+1. The molecule has 4 heterocycles. The second kappa shape index (κ2) is 11.4. The normalized spacial score (nSPS) is 25.4. The summed E-state index contributed by atoms with van der Waals surface area (Å²) in [7, 11) is -1.64. The molecule has 4 unspecified atom stereocenters. The van der Waals surface area contributed by atoms with Gasteiger partial charge in [0.2, 0.25) is 11.4 Å². The molecule has 47 heavy (non-hydrogen) atoms. The molecule has 1 aromatic carbocycles. The van der Waals surface area contributed by atoms with Crippen molar-refractivity contribution >= 4 is 18.8 Å². The van der Waals surface area contributed by atoms with Gasteiger partial charge in [-0.25, -0.2) is 0 Å². The predicted octanol–water partition coefficient (Wildman–Crippen LogP) is 9.38. The predicted molar refractivity (Wildman–Crippen MR) is 198 cm³/mol. The van der Waals surface area contributed by atoms with Crippen molar-refractivity contribution in [2.75, 3.05) is 0 Å². The van der Waals surface area contributed by atoms with E-state index in [1.54, 1.807) is 10.8 Å². The molecular formula is C43H56N2OSi+2. The first kappa shape index (κ1) is 32.3. The van der Waals surface area contributed by atoms with Gasteiger partial charge in [-0.15, -0.1) is 6.58 Å². The van der Waals surface area contributed by atoms with Crippen molar-refractivity contribution < 1.29 is 14.2 Å². The van der Waals surface area contributed by atoms with E-state index in [1.807, 2.05) is 0 Å². The van der Waals surface area contributed by atoms with Gasteiger partial charge >= 0.3 is 0 Å². The molecule has 2 saturated carbocycles. The van der Waals surface area contributed by atoms with Crippen LogP contribution in [0.2, 0.25) is 19.6 Å². The highest BCUT2D eigenvalue weighted by Crippen LogP contribution is 2.65. The zero-order valence-corrected chi connectivity index (χ0v) is 31.0. The number of rotatable bonds is 6. The van der Waals surface area contributed by atoms with Crippen molar-refractivity contribution in [3.8, 4) is 11.3 Å². The minimum Gasteiger partial charge on any atom is -0.508 e. The van der Waals surface area contributed by atoms with Crippen molar-refractivity contribution in [3.63, 3.8) is 0 Å². The Bertz CT molecular complexity index is 1800. The molecule has 4 heteroatoms. The molecule has 246 valence electrons. The van der Waals surface area contributed by atoms with E-state index in [1.165, 1.54) is 66.5 Å². The number of aliphatic hydroxyl groups excluding tert-OH is 1. The van der Waals surface area contributed by atoms with Crippen LogP contribution in [0.25, 0.3) is 16.8 Å². The molecule has 7 rings (SSSR count). The number of hydrogen-bond acceptors (Lipinski definition) is 1. The van der Waals surface area contributed by atoms with Crippen molar-refractivity contribution in [1.29, 1.82) is 0 Å². The molecule has 4 aliphatic rings. The van der Waals surface area contributed by atoms with Crippen molar-refractivity contribution in [2.45, 2.75) is 122 Å². The molecular weight excluding hydrogens is 589 g/mol. The summed E-state index contributed by atoms with van der Waals surface area (Å²) < 4.78 is 5.23. The first-order valence-corrected chi connectivity index (χ1v) is 21.8.